The van der Waals surface area contributed by atoms with Gasteiger partial charge >= 0.3 is 0 Å². The van der Waals surface area contributed by atoms with Gasteiger partial charge in [0.1, 0.15) is 11.4 Å². The Bertz CT molecular complexity index is 796. The Balaban J connectivity index is 1.79. The third-order valence-corrected chi connectivity index (χ3v) is 5.61. The fourth-order valence-electron chi connectivity index (χ4n) is 3.13. The summed E-state index contributed by atoms with van der Waals surface area (Å²) in [6.07, 6.45) is 5.30. The minimum absolute atomic E-state index is 0.00970. The van der Waals surface area contributed by atoms with Crippen molar-refractivity contribution in [3.05, 3.63) is 27.1 Å². The molecule has 0 aliphatic heterocycles. The molecule has 2 heterocycles. The summed E-state index contributed by atoms with van der Waals surface area (Å²) in [6.45, 7) is 3.40. The maximum atomic E-state index is 12.8. The molecule has 1 amide bonds. The van der Waals surface area contributed by atoms with Gasteiger partial charge in [-0.3, -0.25) is 14.2 Å². The monoisotopic (exact) mass is 349 g/mol. The molecule has 0 unspecified atom stereocenters. The van der Waals surface area contributed by atoms with Crippen molar-refractivity contribution in [2.75, 3.05) is 20.3 Å². The average Bonchev–Trinajstić information content (AvgIpc) is 2.92. The number of ether oxygens (including phenoxy) is 1. The van der Waals surface area contributed by atoms with Crippen LogP contribution < -0.4 is 10.9 Å². The van der Waals surface area contributed by atoms with Crippen molar-refractivity contribution in [2.45, 2.75) is 39.2 Å². The first-order chi connectivity index (χ1) is 11.6. The Morgan fingerprint density at radius 3 is 3.17 bits per heavy atom. The van der Waals surface area contributed by atoms with Gasteiger partial charge in [-0.1, -0.05) is 6.92 Å². The minimum atomic E-state index is -0.174. The van der Waals surface area contributed by atoms with E-state index in [1.807, 2.05) is 0 Å². The molecule has 1 aliphatic rings. The number of carbonyl (C=O) groups is 1. The summed E-state index contributed by atoms with van der Waals surface area (Å²) < 4.78 is 6.36. The van der Waals surface area contributed by atoms with E-state index in [2.05, 4.69) is 17.2 Å². The van der Waals surface area contributed by atoms with Gasteiger partial charge in [-0.25, -0.2) is 4.98 Å². The number of aryl methyl sites for hydroxylation is 1. The normalized spacial score (nSPS) is 17.0. The molecular weight excluding hydrogens is 326 g/mol. The van der Waals surface area contributed by atoms with Crippen LogP contribution in [0, 0.1) is 5.92 Å². The summed E-state index contributed by atoms with van der Waals surface area (Å²) in [4.78, 5) is 31.3. The van der Waals surface area contributed by atoms with Gasteiger partial charge in [-0.2, -0.15) is 0 Å². The molecule has 24 heavy (non-hydrogen) atoms. The zero-order chi connectivity index (χ0) is 17.1. The molecule has 0 spiro atoms. The standard InChI is InChI=1S/C17H23N3O3S/c1-11-4-5-12-13(8-11)24-16-15(12)17(22)20(10-19-16)9-14(21)18-6-3-7-23-2/h10-11H,3-9H2,1-2H3,(H,18,21)/t11-/m0/s1. The summed E-state index contributed by atoms with van der Waals surface area (Å²) in [5.74, 6) is 0.484. The van der Waals surface area contributed by atoms with Gasteiger partial charge in [-0.15, -0.1) is 11.3 Å². The fraction of sp³-hybridized carbons (Fsp3) is 0.588. The van der Waals surface area contributed by atoms with E-state index in [1.165, 1.54) is 15.8 Å². The summed E-state index contributed by atoms with van der Waals surface area (Å²) in [5.41, 5.74) is 1.06. The molecule has 0 radical (unpaired) electrons. The first-order valence-corrected chi connectivity index (χ1v) is 9.17. The first kappa shape index (κ1) is 17.1. The van der Waals surface area contributed by atoms with Crippen LogP contribution >= 0.6 is 11.3 Å². The van der Waals surface area contributed by atoms with E-state index in [1.54, 1.807) is 18.4 Å². The molecule has 0 saturated carbocycles. The lowest BCUT2D eigenvalue weighted by molar-refractivity contribution is -0.121. The zero-order valence-electron chi connectivity index (χ0n) is 14.1. The molecule has 6 nitrogen and oxygen atoms in total. The van der Waals surface area contributed by atoms with Gasteiger partial charge in [0.25, 0.3) is 5.56 Å². The second-order valence-corrected chi connectivity index (χ2v) is 7.49. The second kappa shape index (κ2) is 7.44. The van der Waals surface area contributed by atoms with E-state index in [-0.39, 0.29) is 18.0 Å². The molecule has 2 aromatic rings. The van der Waals surface area contributed by atoms with Gasteiger partial charge < -0.3 is 10.1 Å². The number of hydrogen-bond donors (Lipinski definition) is 1. The van der Waals surface area contributed by atoms with E-state index >= 15 is 0 Å². The number of nitrogens with one attached hydrogen (secondary N) is 1. The van der Waals surface area contributed by atoms with Crippen LogP contribution in [0.4, 0.5) is 0 Å². The number of fused-ring (bicyclic) bond motifs is 3. The van der Waals surface area contributed by atoms with Gasteiger partial charge in [0.15, 0.2) is 0 Å². The van der Waals surface area contributed by atoms with Crippen molar-refractivity contribution in [3.63, 3.8) is 0 Å². The summed E-state index contributed by atoms with van der Waals surface area (Å²) in [6, 6.07) is 0. The third-order valence-electron chi connectivity index (χ3n) is 4.44. The number of methoxy groups -OCH3 is 1. The highest BCUT2D eigenvalue weighted by Gasteiger charge is 2.23. The summed E-state index contributed by atoms with van der Waals surface area (Å²) in [5, 5.41) is 3.52. The van der Waals surface area contributed by atoms with Gasteiger partial charge in [-0.05, 0) is 37.2 Å². The zero-order valence-corrected chi connectivity index (χ0v) is 14.9. The highest BCUT2D eigenvalue weighted by molar-refractivity contribution is 7.18. The maximum absolute atomic E-state index is 12.8. The number of aromatic nitrogens is 2. The number of rotatable bonds is 6. The molecule has 0 saturated heterocycles. The Kier molecular flexibility index (Phi) is 5.30. The predicted molar refractivity (Wildman–Crippen MR) is 94.6 cm³/mol. The molecule has 0 aromatic carbocycles. The highest BCUT2D eigenvalue weighted by atomic mass is 32.1. The number of amides is 1. The van der Waals surface area contributed by atoms with Crippen molar-refractivity contribution >= 4 is 27.5 Å². The van der Waals surface area contributed by atoms with Crippen molar-refractivity contribution in [2.24, 2.45) is 5.92 Å². The lowest BCUT2D eigenvalue weighted by Crippen LogP contribution is -2.33. The first-order valence-electron chi connectivity index (χ1n) is 8.35. The minimum Gasteiger partial charge on any atom is -0.385 e. The average molecular weight is 349 g/mol. The number of hydrogen-bond acceptors (Lipinski definition) is 5. The highest BCUT2D eigenvalue weighted by Crippen LogP contribution is 2.35. The van der Waals surface area contributed by atoms with Crippen LogP contribution in [-0.2, 0) is 28.9 Å². The van der Waals surface area contributed by atoms with Crippen molar-refractivity contribution in [3.8, 4) is 0 Å². The largest absolute Gasteiger partial charge is 0.385 e. The Morgan fingerprint density at radius 1 is 1.54 bits per heavy atom. The van der Waals surface area contributed by atoms with E-state index in [4.69, 9.17) is 4.74 Å². The van der Waals surface area contributed by atoms with Crippen LogP contribution in [-0.4, -0.2) is 35.7 Å². The van der Waals surface area contributed by atoms with Crippen LogP contribution in [0.2, 0.25) is 0 Å². The summed E-state index contributed by atoms with van der Waals surface area (Å²) in [7, 11) is 1.63. The number of carbonyl (C=O) groups excluding carboxylic acids is 1. The van der Waals surface area contributed by atoms with Crippen LogP contribution in [0.5, 0.6) is 0 Å². The fourth-order valence-corrected chi connectivity index (χ4v) is 4.47. The molecule has 3 rings (SSSR count). The second-order valence-electron chi connectivity index (χ2n) is 6.41. The lowest BCUT2D eigenvalue weighted by atomic mass is 9.89. The predicted octanol–water partition coefficient (Wildman–Crippen LogP) is 1.74. The van der Waals surface area contributed by atoms with Crippen LogP contribution in [0.1, 0.15) is 30.2 Å². The van der Waals surface area contributed by atoms with Gasteiger partial charge in [0.05, 0.1) is 11.7 Å². The molecule has 7 heteroatoms. The van der Waals surface area contributed by atoms with Gasteiger partial charge in [0.2, 0.25) is 5.91 Å². The van der Waals surface area contributed by atoms with E-state index < -0.39 is 0 Å². The van der Waals surface area contributed by atoms with Crippen molar-refractivity contribution in [1.82, 2.24) is 14.9 Å². The third kappa shape index (κ3) is 3.52. The SMILES string of the molecule is COCCCNC(=O)Cn1cnc2sc3c(c2c1=O)CC[C@H](C)C3. The lowest BCUT2D eigenvalue weighted by Gasteiger charge is -2.17. The smallest absolute Gasteiger partial charge is 0.262 e. The van der Waals surface area contributed by atoms with E-state index in [0.717, 1.165) is 41.5 Å². The van der Waals surface area contributed by atoms with Crippen LogP contribution in [0.3, 0.4) is 0 Å². The summed E-state index contributed by atoms with van der Waals surface area (Å²) >= 11 is 1.63. The topological polar surface area (TPSA) is 73.2 Å². The Labute approximate surface area is 144 Å². The molecule has 2 aromatic heterocycles. The number of nitrogens with zero attached hydrogens (tertiary/aromatic N) is 2. The molecule has 1 N–H and O–H groups in total. The Morgan fingerprint density at radius 2 is 2.38 bits per heavy atom. The molecule has 0 fully saturated rings. The number of thiophene rings is 1. The molecule has 1 atom stereocenters. The quantitative estimate of drug-likeness (QED) is 0.806. The van der Waals surface area contributed by atoms with Crippen LogP contribution in [0.15, 0.2) is 11.1 Å². The van der Waals surface area contributed by atoms with E-state index in [0.29, 0.717) is 19.1 Å². The van der Waals surface area contributed by atoms with Crippen molar-refractivity contribution < 1.29 is 9.53 Å². The van der Waals surface area contributed by atoms with Crippen LogP contribution in [0.25, 0.3) is 10.2 Å². The Hall–Kier alpha value is -1.73. The molecule has 1 aliphatic carbocycles. The van der Waals surface area contributed by atoms with Gasteiger partial charge in [0, 0.05) is 25.1 Å². The molecular formula is C17H23N3O3S. The van der Waals surface area contributed by atoms with Crippen molar-refractivity contribution in [1.29, 1.82) is 0 Å². The molecule has 130 valence electrons. The maximum Gasteiger partial charge on any atom is 0.262 e. The molecule has 0 bridgehead atoms. The van der Waals surface area contributed by atoms with E-state index in [9.17, 15) is 9.59 Å².